The van der Waals surface area contributed by atoms with Crippen molar-refractivity contribution in [1.82, 2.24) is 4.90 Å². The molecule has 0 radical (unpaired) electrons. The predicted molar refractivity (Wildman–Crippen MR) is 145 cm³/mol. The van der Waals surface area contributed by atoms with Crippen LogP contribution in [0.5, 0.6) is 5.75 Å². The van der Waals surface area contributed by atoms with E-state index >= 15 is 0 Å². The van der Waals surface area contributed by atoms with E-state index in [2.05, 4.69) is 6.07 Å². The van der Waals surface area contributed by atoms with Gasteiger partial charge in [-0.1, -0.05) is 18.2 Å². The van der Waals surface area contributed by atoms with E-state index < -0.39 is 11.2 Å². The van der Waals surface area contributed by atoms with Gasteiger partial charge in [0.1, 0.15) is 22.7 Å². The van der Waals surface area contributed by atoms with Crippen LogP contribution in [0, 0.1) is 0 Å². The van der Waals surface area contributed by atoms with E-state index in [1.54, 1.807) is 12.0 Å². The topological polar surface area (TPSA) is 83.5 Å². The van der Waals surface area contributed by atoms with Gasteiger partial charge in [0.05, 0.1) is 25.5 Å². The van der Waals surface area contributed by atoms with Gasteiger partial charge < -0.3 is 23.7 Å². The Morgan fingerprint density at radius 2 is 1.58 bits per heavy atom. The number of esters is 1. The number of benzene rings is 1. The molecule has 1 aromatic carbocycles. The first-order valence-electron chi connectivity index (χ1n) is 13.6. The number of rotatable bonds is 8. The first-order valence-corrected chi connectivity index (χ1v) is 13.6. The lowest BCUT2D eigenvalue weighted by molar-refractivity contribution is -0.157. The molecule has 1 aliphatic heterocycles. The van der Waals surface area contributed by atoms with Gasteiger partial charge in [0.15, 0.2) is 6.61 Å². The van der Waals surface area contributed by atoms with Crippen LogP contribution in [0.15, 0.2) is 35.7 Å². The first-order chi connectivity index (χ1) is 17.8. The van der Waals surface area contributed by atoms with Crippen molar-refractivity contribution in [2.24, 2.45) is 0 Å². The number of para-hydroxylation sites is 1. The molecule has 3 rings (SSSR count). The molecule has 1 aliphatic carbocycles. The van der Waals surface area contributed by atoms with Crippen molar-refractivity contribution in [2.75, 3.05) is 20.3 Å². The van der Waals surface area contributed by atoms with Crippen LogP contribution >= 0.6 is 0 Å². The highest BCUT2D eigenvalue weighted by atomic mass is 16.6. The van der Waals surface area contributed by atoms with E-state index in [0.29, 0.717) is 18.9 Å². The third kappa shape index (κ3) is 8.38. The number of hydrogen-bond donors (Lipinski definition) is 0. The van der Waals surface area contributed by atoms with Gasteiger partial charge in [0.2, 0.25) is 0 Å². The predicted octanol–water partition coefficient (Wildman–Crippen LogP) is 6.34. The Balaban J connectivity index is 1.57. The van der Waals surface area contributed by atoms with Crippen molar-refractivity contribution in [3.63, 3.8) is 0 Å². The van der Waals surface area contributed by atoms with E-state index in [1.807, 2.05) is 66.7 Å². The summed E-state index contributed by atoms with van der Waals surface area (Å²) < 4.78 is 28.8. The zero-order chi connectivity index (χ0) is 28.1. The molecule has 2 aliphatic rings. The zero-order valence-electron chi connectivity index (χ0n) is 24.3. The van der Waals surface area contributed by atoms with Crippen molar-refractivity contribution in [2.45, 2.75) is 110 Å². The Hall–Kier alpha value is -2.74. The fraction of sp³-hybridized carbons (Fsp3) is 0.667. The third-order valence-corrected chi connectivity index (χ3v) is 6.63. The molecule has 0 saturated heterocycles. The molecule has 8 nitrogen and oxygen atoms in total. The van der Waals surface area contributed by atoms with Gasteiger partial charge >= 0.3 is 12.1 Å². The molecule has 212 valence electrons. The summed E-state index contributed by atoms with van der Waals surface area (Å²) in [6, 6.07) is 7.86. The molecule has 1 aromatic rings. The van der Waals surface area contributed by atoms with Crippen molar-refractivity contribution in [3.05, 3.63) is 41.3 Å². The minimum Gasteiger partial charge on any atom is -0.499 e. The third-order valence-electron chi connectivity index (χ3n) is 6.63. The lowest BCUT2D eigenvalue weighted by Crippen LogP contribution is -2.40. The molecule has 1 amide bonds. The quantitative estimate of drug-likeness (QED) is 0.362. The Morgan fingerprint density at radius 1 is 0.947 bits per heavy atom. The Kier molecular flexibility index (Phi) is 9.74. The zero-order valence-corrected chi connectivity index (χ0v) is 24.3. The average Bonchev–Trinajstić information content (AvgIpc) is 3.15. The monoisotopic (exact) mass is 531 g/mol. The molecule has 0 spiro atoms. The number of carbonyl (C=O) groups excluding carboxylic acids is 2. The summed E-state index contributed by atoms with van der Waals surface area (Å²) in [5, 5.41) is 0. The van der Waals surface area contributed by atoms with Gasteiger partial charge in [-0.3, -0.25) is 4.90 Å². The fourth-order valence-electron chi connectivity index (χ4n) is 5.02. The SMILES string of the molecule is COC1=C(CO[C@H]2CC[C@@H](c3ccccc3OCC(=O)OC(C)(C)C)CC2)N(C(=O)OC(C)(C)C)C(C)C1. The van der Waals surface area contributed by atoms with Gasteiger partial charge in [-0.2, -0.15) is 0 Å². The number of carbonyl (C=O) groups is 2. The summed E-state index contributed by atoms with van der Waals surface area (Å²) in [6.45, 7) is 13.3. The second-order valence-electron chi connectivity index (χ2n) is 12.2. The van der Waals surface area contributed by atoms with Crippen LogP contribution in [0.25, 0.3) is 0 Å². The second kappa shape index (κ2) is 12.4. The van der Waals surface area contributed by atoms with Crippen LogP contribution in [0.3, 0.4) is 0 Å². The highest BCUT2D eigenvalue weighted by molar-refractivity contribution is 5.72. The van der Waals surface area contributed by atoms with Gasteiger partial charge in [-0.15, -0.1) is 0 Å². The molecule has 1 atom stereocenters. The highest BCUT2D eigenvalue weighted by Crippen LogP contribution is 2.39. The van der Waals surface area contributed by atoms with E-state index in [1.165, 1.54) is 0 Å². The van der Waals surface area contributed by atoms with E-state index in [-0.39, 0.29) is 30.8 Å². The Labute approximate surface area is 227 Å². The molecule has 8 heteroatoms. The fourth-order valence-corrected chi connectivity index (χ4v) is 5.02. The Bertz CT molecular complexity index is 997. The average molecular weight is 532 g/mol. The van der Waals surface area contributed by atoms with Crippen molar-refractivity contribution >= 4 is 12.1 Å². The van der Waals surface area contributed by atoms with Gasteiger partial charge in [-0.05, 0) is 91.7 Å². The molecule has 1 saturated carbocycles. The van der Waals surface area contributed by atoms with E-state index in [0.717, 1.165) is 48.5 Å². The number of methoxy groups -OCH3 is 1. The largest absolute Gasteiger partial charge is 0.499 e. The maximum absolute atomic E-state index is 12.9. The second-order valence-corrected chi connectivity index (χ2v) is 12.2. The first kappa shape index (κ1) is 29.8. The molecule has 0 aromatic heterocycles. The van der Waals surface area contributed by atoms with Crippen molar-refractivity contribution in [3.8, 4) is 5.75 Å². The van der Waals surface area contributed by atoms with Crippen LogP contribution in [-0.2, 0) is 23.7 Å². The van der Waals surface area contributed by atoms with Crippen LogP contribution in [0.2, 0.25) is 0 Å². The normalized spacial score (nSPS) is 22.3. The maximum Gasteiger partial charge on any atom is 0.415 e. The summed E-state index contributed by atoms with van der Waals surface area (Å²) in [6.07, 6.45) is 4.03. The summed E-state index contributed by atoms with van der Waals surface area (Å²) in [5.74, 6) is 1.44. The number of hydrogen-bond acceptors (Lipinski definition) is 7. The van der Waals surface area contributed by atoms with Crippen molar-refractivity contribution in [1.29, 1.82) is 0 Å². The minimum absolute atomic E-state index is 0.0497. The lowest BCUT2D eigenvalue weighted by Gasteiger charge is -2.32. The van der Waals surface area contributed by atoms with Crippen LogP contribution in [0.4, 0.5) is 4.79 Å². The summed E-state index contributed by atoms with van der Waals surface area (Å²) >= 11 is 0. The number of amides is 1. The van der Waals surface area contributed by atoms with E-state index in [9.17, 15) is 9.59 Å². The van der Waals surface area contributed by atoms with Crippen molar-refractivity contribution < 1.29 is 33.3 Å². The lowest BCUT2D eigenvalue weighted by atomic mass is 9.82. The molecule has 1 heterocycles. The molecular weight excluding hydrogens is 486 g/mol. The van der Waals surface area contributed by atoms with E-state index in [4.69, 9.17) is 23.7 Å². The summed E-state index contributed by atoms with van der Waals surface area (Å²) in [5.41, 5.74) is 0.736. The molecular formula is C30H45NO7. The maximum atomic E-state index is 12.9. The molecule has 0 N–H and O–H groups in total. The summed E-state index contributed by atoms with van der Waals surface area (Å²) in [4.78, 5) is 26.7. The standard InChI is InChI=1S/C30H45NO7/c1-20-17-26(34-8)24(31(20)28(33)38-30(5,6)7)18-35-22-15-13-21(14-16-22)23-11-9-10-12-25(23)36-19-27(32)37-29(2,3)4/h9-12,20-22H,13-19H2,1-8H3/t20?,21-,22+. The highest BCUT2D eigenvalue weighted by Gasteiger charge is 2.37. The van der Waals surface area contributed by atoms with Crippen LogP contribution in [0.1, 0.15) is 92.1 Å². The number of ether oxygens (including phenoxy) is 5. The molecule has 0 bridgehead atoms. The molecule has 1 unspecified atom stereocenters. The van der Waals surface area contributed by atoms with Gasteiger partial charge in [0.25, 0.3) is 0 Å². The smallest absolute Gasteiger partial charge is 0.415 e. The van der Waals surface area contributed by atoms with Gasteiger partial charge in [0, 0.05) is 12.5 Å². The van der Waals surface area contributed by atoms with Crippen LogP contribution < -0.4 is 4.74 Å². The molecule has 1 fully saturated rings. The summed E-state index contributed by atoms with van der Waals surface area (Å²) in [7, 11) is 1.63. The molecule has 38 heavy (non-hydrogen) atoms. The van der Waals surface area contributed by atoms with Crippen LogP contribution in [-0.4, -0.2) is 60.6 Å². The number of nitrogens with zero attached hydrogens (tertiary/aromatic N) is 1. The Morgan fingerprint density at radius 3 is 2.18 bits per heavy atom. The minimum atomic E-state index is -0.579. The van der Waals surface area contributed by atoms with Gasteiger partial charge in [-0.25, -0.2) is 9.59 Å².